The van der Waals surface area contributed by atoms with Crippen LogP contribution in [0.4, 0.5) is 20.5 Å². The fourth-order valence-corrected chi connectivity index (χ4v) is 3.75. The normalized spacial score (nSPS) is 16.1. The first-order valence-corrected chi connectivity index (χ1v) is 10.0. The number of nitrogens with one attached hydrogen (secondary N) is 1. The highest BCUT2D eigenvalue weighted by molar-refractivity contribution is 5.99. The van der Waals surface area contributed by atoms with Crippen molar-refractivity contribution in [2.75, 3.05) is 24.2 Å². The molecule has 3 heterocycles. The Morgan fingerprint density at radius 1 is 1.10 bits per heavy atom. The molecule has 1 atom stereocenters. The van der Waals surface area contributed by atoms with E-state index in [1.807, 2.05) is 0 Å². The molecule has 0 amide bonds. The van der Waals surface area contributed by atoms with Crippen LogP contribution in [0.15, 0.2) is 48.5 Å². The van der Waals surface area contributed by atoms with Gasteiger partial charge in [0.2, 0.25) is 5.95 Å². The largest absolute Gasteiger partial charge is 0.383 e. The summed E-state index contributed by atoms with van der Waals surface area (Å²) in [7, 11) is 0. The molecule has 0 bridgehead atoms. The van der Waals surface area contributed by atoms with Gasteiger partial charge in [-0.25, -0.2) is 18.4 Å². The van der Waals surface area contributed by atoms with E-state index in [1.54, 1.807) is 24.3 Å². The molecule has 5 rings (SSSR count). The SMILES string of the molecule is Nc1c2c(-c3cccc(F)c3)nc(NCC3CCCO3)nc2nn1-c1cccc(F)c1. The van der Waals surface area contributed by atoms with Crippen molar-refractivity contribution in [3.8, 4) is 16.9 Å². The Hall–Kier alpha value is -3.59. The zero-order chi connectivity index (χ0) is 21.4. The lowest BCUT2D eigenvalue weighted by Crippen LogP contribution is -2.19. The lowest BCUT2D eigenvalue weighted by molar-refractivity contribution is 0.120. The first kappa shape index (κ1) is 19.4. The second kappa shape index (κ2) is 7.92. The van der Waals surface area contributed by atoms with Gasteiger partial charge in [-0.15, -0.1) is 5.10 Å². The van der Waals surface area contributed by atoms with Crippen LogP contribution in [0.3, 0.4) is 0 Å². The lowest BCUT2D eigenvalue weighted by Gasteiger charge is -2.12. The molecule has 2 aromatic carbocycles. The predicted molar refractivity (Wildman–Crippen MR) is 114 cm³/mol. The maximum absolute atomic E-state index is 14.0. The molecule has 1 saturated heterocycles. The smallest absolute Gasteiger partial charge is 0.225 e. The van der Waals surface area contributed by atoms with Gasteiger partial charge in [0.15, 0.2) is 5.65 Å². The van der Waals surface area contributed by atoms with Gasteiger partial charge in [-0.1, -0.05) is 18.2 Å². The molecule has 0 saturated carbocycles. The van der Waals surface area contributed by atoms with Crippen LogP contribution in [-0.2, 0) is 4.74 Å². The van der Waals surface area contributed by atoms with Crippen molar-refractivity contribution in [3.05, 3.63) is 60.2 Å². The molecule has 1 aliphatic heterocycles. The Labute approximate surface area is 176 Å². The number of halogens is 2. The Bertz CT molecular complexity index is 1250. The predicted octanol–water partition coefficient (Wildman–Crippen LogP) is 3.93. The summed E-state index contributed by atoms with van der Waals surface area (Å²) in [5, 5.41) is 8.14. The molecule has 3 N–H and O–H groups in total. The molecule has 1 fully saturated rings. The van der Waals surface area contributed by atoms with Crippen molar-refractivity contribution in [2.24, 2.45) is 0 Å². The number of nitrogen functional groups attached to an aromatic ring is 1. The van der Waals surface area contributed by atoms with Crippen LogP contribution in [0.25, 0.3) is 28.0 Å². The van der Waals surface area contributed by atoms with E-state index in [9.17, 15) is 8.78 Å². The van der Waals surface area contributed by atoms with Gasteiger partial charge < -0.3 is 15.8 Å². The standard InChI is InChI=1S/C22H20F2N6O/c23-14-5-1-4-13(10-14)19-18-20(25)30(16-7-2-6-15(24)11-16)29-21(18)28-22(27-19)26-12-17-8-3-9-31-17/h1-2,4-7,10-11,17H,3,8-9,12,25H2,(H,26,28,29). The quantitative estimate of drug-likeness (QED) is 0.506. The Morgan fingerprint density at radius 2 is 1.90 bits per heavy atom. The van der Waals surface area contributed by atoms with Crippen LogP contribution in [0, 0.1) is 11.6 Å². The van der Waals surface area contributed by atoms with Crippen LogP contribution in [0.1, 0.15) is 12.8 Å². The van der Waals surface area contributed by atoms with Crippen molar-refractivity contribution >= 4 is 22.8 Å². The first-order chi connectivity index (χ1) is 15.1. The molecule has 0 aliphatic carbocycles. The fourth-order valence-electron chi connectivity index (χ4n) is 3.75. The molecule has 2 aromatic heterocycles. The third-order valence-electron chi connectivity index (χ3n) is 5.23. The minimum atomic E-state index is -0.410. The van der Waals surface area contributed by atoms with Gasteiger partial charge in [0, 0.05) is 18.7 Å². The maximum atomic E-state index is 14.0. The van der Waals surface area contributed by atoms with Gasteiger partial charge in [-0.2, -0.15) is 4.98 Å². The van der Waals surface area contributed by atoms with Crippen molar-refractivity contribution in [1.29, 1.82) is 0 Å². The molecule has 4 aromatic rings. The van der Waals surface area contributed by atoms with E-state index in [1.165, 1.54) is 28.9 Å². The average Bonchev–Trinajstić information content (AvgIpc) is 3.40. The summed E-state index contributed by atoms with van der Waals surface area (Å²) in [6.07, 6.45) is 2.08. The minimum absolute atomic E-state index is 0.0897. The van der Waals surface area contributed by atoms with Crippen molar-refractivity contribution in [3.63, 3.8) is 0 Å². The number of nitrogens with zero attached hydrogens (tertiary/aromatic N) is 4. The van der Waals surface area contributed by atoms with Crippen LogP contribution in [0.5, 0.6) is 0 Å². The van der Waals surface area contributed by atoms with Crippen LogP contribution < -0.4 is 11.1 Å². The summed E-state index contributed by atoms with van der Waals surface area (Å²) in [6.45, 7) is 1.30. The maximum Gasteiger partial charge on any atom is 0.225 e. The number of ether oxygens (including phenoxy) is 1. The van der Waals surface area contributed by atoms with Gasteiger partial charge in [-0.3, -0.25) is 0 Å². The molecule has 1 unspecified atom stereocenters. The lowest BCUT2D eigenvalue weighted by atomic mass is 10.1. The van der Waals surface area contributed by atoms with Crippen LogP contribution in [-0.4, -0.2) is 39.0 Å². The number of nitrogens with two attached hydrogens (primary N) is 1. The van der Waals surface area contributed by atoms with Gasteiger partial charge in [-0.05, 0) is 43.2 Å². The monoisotopic (exact) mass is 422 g/mol. The van der Waals surface area contributed by atoms with E-state index >= 15 is 0 Å². The van der Waals surface area contributed by atoms with Gasteiger partial charge in [0.25, 0.3) is 0 Å². The Morgan fingerprint density at radius 3 is 2.65 bits per heavy atom. The minimum Gasteiger partial charge on any atom is -0.383 e. The molecular weight excluding hydrogens is 402 g/mol. The Kier molecular flexibility index (Phi) is 4.95. The van der Waals surface area contributed by atoms with Crippen molar-refractivity contribution in [2.45, 2.75) is 18.9 Å². The second-order valence-electron chi connectivity index (χ2n) is 7.40. The van der Waals surface area contributed by atoms with E-state index in [2.05, 4.69) is 20.4 Å². The molecule has 0 radical (unpaired) electrons. The highest BCUT2D eigenvalue weighted by Gasteiger charge is 2.21. The third kappa shape index (κ3) is 3.79. The first-order valence-electron chi connectivity index (χ1n) is 10.0. The van der Waals surface area contributed by atoms with E-state index in [4.69, 9.17) is 10.5 Å². The summed E-state index contributed by atoms with van der Waals surface area (Å²) >= 11 is 0. The van der Waals surface area contributed by atoms with Crippen molar-refractivity contribution < 1.29 is 13.5 Å². The topological polar surface area (TPSA) is 90.9 Å². The van der Waals surface area contributed by atoms with Crippen LogP contribution >= 0.6 is 0 Å². The number of aromatic nitrogens is 4. The molecule has 0 spiro atoms. The number of hydrogen-bond donors (Lipinski definition) is 2. The molecule has 7 nitrogen and oxygen atoms in total. The van der Waals surface area contributed by atoms with Gasteiger partial charge in [0.1, 0.15) is 17.5 Å². The molecule has 158 valence electrons. The number of benzene rings is 2. The number of anilines is 2. The molecular formula is C22H20F2N6O. The van der Waals surface area contributed by atoms with Crippen LogP contribution in [0.2, 0.25) is 0 Å². The summed E-state index contributed by atoms with van der Waals surface area (Å²) < 4.78 is 34.8. The highest BCUT2D eigenvalue weighted by atomic mass is 19.1. The molecule has 9 heteroatoms. The van der Waals surface area contributed by atoms with E-state index in [0.29, 0.717) is 40.5 Å². The number of hydrogen-bond acceptors (Lipinski definition) is 6. The van der Waals surface area contributed by atoms with E-state index in [0.717, 1.165) is 19.4 Å². The molecule has 1 aliphatic rings. The average molecular weight is 422 g/mol. The third-order valence-corrected chi connectivity index (χ3v) is 5.23. The van der Waals surface area contributed by atoms with E-state index < -0.39 is 11.6 Å². The summed E-state index contributed by atoms with van der Waals surface area (Å²) in [5.41, 5.74) is 8.15. The fraction of sp³-hybridized carbons (Fsp3) is 0.227. The van der Waals surface area contributed by atoms with Gasteiger partial charge >= 0.3 is 0 Å². The highest BCUT2D eigenvalue weighted by Crippen LogP contribution is 2.33. The zero-order valence-electron chi connectivity index (χ0n) is 16.6. The van der Waals surface area contributed by atoms with Gasteiger partial charge in [0.05, 0.1) is 22.9 Å². The summed E-state index contributed by atoms with van der Waals surface area (Å²) in [6, 6.07) is 12.0. The number of fused-ring (bicyclic) bond motifs is 1. The van der Waals surface area contributed by atoms with E-state index in [-0.39, 0.29) is 11.9 Å². The Balaban J connectivity index is 1.64. The summed E-state index contributed by atoms with van der Waals surface area (Å²) in [5.74, 6) is -0.224. The number of rotatable bonds is 5. The van der Waals surface area contributed by atoms with Crippen molar-refractivity contribution in [1.82, 2.24) is 19.7 Å². The second-order valence-corrected chi connectivity index (χ2v) is 7.40. The zero-order valence-corrected chi connectivity index (χ0v) is 16.6. The molecule has 31 heavy (non-hydrogen) atoms. The summed E-state index contributed by atoms with van der Waals surface area (Å²) in [4.78, 5) is 9.10.